The summed E-state index contributed by atoms with van der Waals surface area (Å²) in [6.07, 6.45) is 2.18. The molecule has 130 valence electrons. The number of ketones is 1. The van der Waals surface area contributed by atoms with Crippen LogP contribution in [0.3, 0.4) is 0 Å². The lowest BCUT2D eigenvalue weighted by Gasteiger charge is -2.22. The number of Topliss-reactive ketones (excluding diaryl/α,β-unsaturated/α-hetero) is 1. The number of carbonyl (C=O) groups is 1. The monoisotopic (exact) mass is 376 g/mol. The third kappa shape index (κ3) is 2.60. The molecular weight excluding hydrogens is 360 g/mol. The molecule has 1 aliphatic rings. The molecule has 25 heavy (non-hydrogen) atoms. The maximum absolute atomic E-state index is 12.6. The summed E-state index contributed by atoms with van der Waals surface area (Å²) in [6.45, 7) is 4.21. The van der Waals surface area contributed by atoms with E-state index in [1.165, 1.54) is 0 Å². The second-order valence-corrected chi connectivity index (χ2v) is 7.81. The van der Waals surface area contributed by atoms with E-state index < -0.39 is 0 Å². The lowest BCUT2D eigenvalue weighted by Crippen LogP contribution is -2.21. The van der Waals surface area contributed by atoms with Gasteiger partial charge in [0.2, 0.25) is 5.78 Å². The molecule has 1 atom stereocenters. The van der Waals surface area contributed by atoms with Gasteiger partial charge >= 0.3 is 0 Å². The van der Waals surface area contributed by atoms with E-state index >= 15 is 0 Å². The number of methoxy groups -OCH3 is 1. The summed E-state index contributed by atoms with van der Waals surface area (Å²) in [7, 11) is 1.56. The standard InChI is InChI=1S/C18H17ClN2O3S/c1-8(2)18-20-7-13(25-18)9-6-10(22)17-16(21-9)14-11(24-17)4-5-12(23-3)15(14)19/h4-5,7-9,21H,6H2,1-3H3. The van der Waals surface area contributed by atoms with Crippen LogP contribution in [0.25, 0.3) is 11.0 Å². The molecule has 7 heteroatoms. The molecule has 3 aromatic rings. The van der Waals surface area contributed by atoms with E-state index in [1.807, 2.05) is 6.20 Å². The Hall–Kier alpha value is -2.05. The summed E-state index contributed by atoms with van der Waals surface area (Å²) in [5.74, 6) is 1.20. The largest absolute Gasteiger partial charge is 0.495 e. The van der Waals surface area contributed by atoms with Crippen molar-refractivity contribution in [1.29, 1.82) is 0 Å². The number of anilines is 1. The van der Waals surface area contributed by atoms with E-state index in [-0.39, 0.29) is 11.8 Å². The number of nitrogens with one attached hydrogen (secondary N) is 1. The molecule has 0 radical (unpaired) electrons. The predicted molar refractivity (Wildman–Crippen MR) is 99.3 cm³/mol. The minimum atomic E-state index is -0.131. The highest BCUT2D eigenvalue weighted by molar-refractivity contribution is 7.11. The van der Waals surface area contributed by atoms with Crippen molar-refractivity contribution in [3.63, 3.8) is 0 Å². The minimum absolute atomic E-state index is 0.0375. The van der Waals surface area contributed by atoms with Crippen molar-refractivity contribution >= 4 is 45.4 Å². The fourth-order valence-electron chi connectivity index (χ4n) is 3.03. The van der Waals surface area contributed by atoms with Gasteiger partial charge in [0.05, 0.1) is 34.3 Å². The van der Waals surface area contributed by atoms with E-state index in [4.69, 9.17) is 20.8 Å². The average Bonchev–Trinajstić information content (AvgIpc) is 3.20. The fourth-order valence-corrected chi connectivity index (χ4v) is 4.33. The first kappa shape index (κ1) is 16.4. The van der Waals surface area contributed by atoms with Gasteiger partial charge in [-0.1, -0.05) is 25.4 Å². The number of thiazole rings is 1. The maximum atomic E-state index is 12.6. The summed E-state index contributed by atoms with van der Waals surface area (Å²) < 4.78 is 11.0. The van der Waals surface area contributed by atoms with E-state index in [9.17, 15) is 4.79 Å². The molecule has 0 bridgehead atoms. The van der Waals surface area contributed by atoms with Crippen molar-refractivity contribution in [2.75, 3.05) is 12.4 Å². The smallest absolute Gasteiger partial charge is 0.202 e. The second kappa shape index (κ2) is 6.04. The Balaban J connectivity index is 1.80. The summed E-state index contributed by atoms with van der Waals surface area (Å²) >= 11 is 8.09. The molecule has 2 aromatic heterocycles. The molecule has 5 nitrogen and oxygen atoms in total. The molecule has 0 saturated carbocycles. The fraction of sp³-hybridized carbons (Fsp3) is 0.333. The average molecular weight is 377 g/mol. The molecule has 1 aliphatic heterocycles. The molecule has 0 fully saturated rings. The number of hydrogen-bond acceptors (Lipinski definition) is 6. The molecule has 0 saturated heterocycles. The van der Waals surface area contributed by atoms with Crippen molar-refractivity contribution in [2.45, 2.75) is 32.2 Å². The Morgan fingerprint density at radius 1 is 1.44 bits per heavy atom. The first-order chi connectivity index (χ1) is 12.0. The molecular formula is C18H17ClN2O3S. The van der Waals surface area contributed by atoms with E-state index in [1.54, 1.807) is 30.6 Å². The highest BCUT2D eigenvalue weighted by Gasteiger charge is 2.33. The predicted octanol–water partition coefficient (Wildman–Crippen LogP) is 5.41. The topological polar surface area (TPSA) is 64.4 Å². The van der Waals surface area contributed by atoms with E-state index in [0.29, 0.717) is 45.5 Å². The SMILES string of the molecule is COc1ccc2oc3c(c2c1Cl)NC(c1cnc(C(C)C)s1)CC3=O. The summed E-state index contributed by atoms with van der Waals surface area (Å²) in [4.78, 5) is 18.1. The zero-order valence-corrected chi connectivity index (χ0v) is 15.6. The van der Waals surface area contributed by atoms with Gasteiger partial charge in [-0.25, -0.2) is 4.98 Å². The second-order valence-electron chi connectivity index (χ2n) is 6.34. The number of fused-ring (bicyclic) bond motifs is 3. The third-order valence-electron chi connectivity index (χ3n) is 4.32. The minimum Gasteiger partial charge on any atom is -0.495 e. The summed E-state index contributed by atoms with van der Waals surface area (Å²) in [5, 5.41) is 5.61. The normalized spacial score (nSPS) is 17.0. The Labute approximate surface area is 154 Å². The van der Waals surface area contributed by atoms with Crippen LogP contribution in [0.15, 0.2) is 22.7 Å². The number of nitrogens with zero attached hydrogens (tertiary/aromatic N) is 1. The number of furan rings is 1. The van der Waals surface area contributed by atoms with E-state index in [2.05, 4.69) is 24.1 Å². The molecule has 0 spiro atoms. The lowest BCUT2D eigenvalue weighted by molar-refractivity contribution is 0.0947. The Morgan fingerprint density at radius 3 is 2.92 bits per heavy atom. The third-order valence-corrected chi connectivity index (χ3v) is 6.10. The van der Waals surface area contributed by atoms with Crippen LogP contribution in [0.4, 0.5) is 5.69 Å². The maximum Gasteiger partial charge on any atom is 0.202 e. The van der Waals surface area contributed by atoms with Gasteiger partial charge in [-0.3, -0.25) is 4.79 Å². The molecule has 4 rings (SSSR count). The van der Waals surface area contributed by atoms with Crippen LogP contribution in [0.5, 0.6) is 5.75 Å². The van der Waals surface area contributed by atoms with Gasteiger partial charge < -0.3 is 14.5 Å². The van der Waals surface area contributed by atoms with Gasteiger partial charge in [0.1, 0.15) is 11.3 Å². The van der Waals surface area contributed by atoms with Crippen LogP contribution in [0.2, 0.25) is 5.02 Å². The van der Waals surface area contributed by atoms with Crippen molar-refractivity contribution in [1.82, 2.24) is 4.98 Å². The number of halogens is 1. The number of benzene rings is 1. The highest BCUT2D eigenvalue weighted by atomic mass is 35.5. The van der Waals surface area contributed by atoms with E-state index in [0.717, 1.165) is 9.88 Å². The van der Waals surface area contributed by atoms with Crippen molar-refractivity contribution in [3.8, 4) is 5.75 Å². The zero-order valence-electron chi connectivity index (χ0n) is 14.1. The van der Waals surface area contributed by atoms with Gasteiger partial charge in [-0.2, -0.15) is 0 Å². The Morgan fingerprint density at radius 2 is 2.24 bits per heavy atom. The van der Waals surface area contributed by atoms with Crippen LogP contribution in [0.1, 0.15) is 52.7 Å². The van der Waals surface area contributed by atoms with Crippen molar-refractivity contribution < 1.29 is 13.9 Å². The Kier molecular flexibility index (Phi) is 3.96. The number of aromatic nitrogens is 1. The van der Waals surface area contributed by atoms with Crippen LogP contribution in [-0.2, 0) is 0 Å². The molecule has 0 aliphatic carbocycles. The molecule has 1 unspecified atom stereocenters. The number of rotatable bonds is 3. The van der Waals surface area contributed by atoms with Gasteiger partial charge in [-0.05, 0) is 12.1 Å². The van der Waals surface area contributed by atoms with Crippen LogP contribution in [-0.4, -0.2) is 17.9 Å². The first-order valence-electron chi connectivity index (χ1n) is 8.04. The van der Waals surface area contributed by atoms with Gasteiger partial charge in [0.25, 0.3) is 0 Å². The van der Waals surface area contributed by atoms with Crippen LogP contribution >= 0.6 is 22.9 Å². The highest BCUT2D eigenvalue weighted by Crippen LogP contribution is 2.45. The first-order valence-corrected chi connectivity index (χ1v) is 9.23. The number of hydrogen-bond donors (Lipinski definition) is 1. The van der Waals surface area contributed by atoms with Gasteiger partial charge in [-0.15, -0.1) is 11.3 Å². The molecule has 1 N–H and O–H groups in total. The quantitative estimate of drug-likeness (QED) is 0.661. The lowest BCUT2D eigenvalue weighted by atomic mass is 10.0. The van der Waals surface area contributed by atoms with Gasteiger partial charge in [0.15, 0.2) is 5.76 Å². The van der Waals surface area contributed by atoms with Gasteiger partial charge in [0, 0.05) is 23.4 Å². The van der Waals surface area contributed by atoms with Crippen LogP contribution < -0.4 is 10.1 Å². The number of ether oxygens (including phenoxy) is 1. The van der Waals surface area contributed by atoms with Crippen molar-refractivity contribution in [3.05, 3.63) is 39.0 Å². The zero-order chi connectivity index (χ0) is 17.7. The summed E-state index contributed by atoms with van der Waals surface area (Å²) in [5.41, 5.74) is 1.21. The molecule has 1 aromatic carbocycles. The summed E-state index contributed by atoms with van der Waals surface area (Å²) in [6, 6.07) is 3.37. The number of carbonyl (C=O) groups excluding carboxylic acids is 1. The van der Waals surface area contributed by atoms with Crippen molar-refractivity contribution in [2.24, 2.45) is 0 Å². The van der Waals surface area contributed by atoms with Crippen LogP contribution in [0, 0.1) is 0 Å². The Bertz CT molecular complexity index is 976. The molecule has 3 heterocycles. The molecule has 0 amide bonds.